The Morgan fingerprint density at radius 2 is 2.36 bits per heavy atom. The van der Waals surface area contributed by atoms with E-state index in [1.807, 2.05) is 11.8 Å². The van der Waals surface area contributed by atoms with Crippen LogP contribution in [0.5, 0.6) is 0 Å². The molecule has 0 aromatic rings. The molecule has 3 heteroatoms. The zero-order valence-electron chi connectivity index (χ0n) is 7.39. The molecule has 2 unspecified atom stereocenters. The molecule has 1 rings (SSSR count). The average Bonchev–Trinajstić information content (AvgIpc) is 2.39. The normalized spacial score (nSPS) is 31.1. The molecule has 2 atom stereocenters. The summed E-state index contributed by atoms with van der Waals surface area (Å²) in [5, 5.41) is 6.92. The largest absolute Gasteiger partial charge is 0.315 e. The Bertz CT molecular complexity index is 96.3. The first-order valence-corrected chi connectivity index (χ1v) is 5.71. The molecule has 0 saturated carbocycles. The summed E-state index contributed by atoms with van der Waals surface area (Å²) in [6, 6.07) is 0.715. The van der Waals surface area contributed by atoms with E-state index in [1.54, 1.807) is 0 Å². The first kappa shape index (κ1) is 9.36. The Morgan fingerprint density at radius 3 is 3.00 bits per heavy atom. The Morgan fingerprint density at radius 1 is 1.55 bits per heavy atom. The maximum atomic E-state index is 3.50. The fraction of sp³-hybridized carbons (Fsp3) is 1.00. The summed E-state index contributed by atoms with van der Waals surface area (Å²) >= 11 is 1.95. The number of hydrogen-bond donors (Lipinski definition) is 2. The third-order valence-corrected chi connectivity index (χ3v) is 2.95. The molecule has 0 bridgehead atoms. The number of likely N-dealkylation sites (N-methyl/N-ethyl adjacent to an activating group) is 1. The fourth-order valence-corrected chi connectivity index (χ4v) is 2.40. The van der Waals surface area contributed by atoms with Gasteiger partial charge in [-0.3, -0.25) is 0 Å². The lowest BCUT2D eigenvalue weighted by molar-refractivity contribution is 0.472. The van der Waals surface area contributed by atoms with E-state index in [9.17, 15) is 0 Å². The van der Waals surface area contributed by atoms with Crippen molar-refractivity contribution in [2.75, 3.05) is 31.6 Å². The van der Waals surface area contributed by atoms with Gasteiger partial charge in [-0.25, -0.2) is 0 Å². The molecular weight excluding hydrogens is 156 g/mol. The summed E-state index contributed by atoms with van der Waals surface area (Å²) in [6.45, 7) is 5.61. The van der Waals surface area contributed by atoms with Crippen LogP contribution in [0.25, 0.3) is 0 Å². The molecular formula is C8H18N2S. The van der Waals surface area contributed by atoms with Gasteiger partial charge in [0.25, 0.3) is 0 Å². The Hall–Kier alpha value is 0.270. The van der Waals surface area contributed by atoms with Crippen LogP contribution in [0.4, 0.5) is 0 Å². The van der Waals surface area contributed by atoms with Gasteiger partial charge in [-0.1, -0.05) is 6.92 Å². The van der Waals surface area contributed by atoms with Crippen molar-refractivity contribution in [1.29, 1.82) is 0 Å². The SMILES string of the molecule is CCNC1CNCC1CSC. The van der Waals surface area contributed by atoms with E-state index >= 15 is 0 Å². The first-order chi connectivity index (χ1) is 5.38. The van der Waals surface area contributed by atoms with Gasteiger partial charge < -0.3 is 10.6 Å². The fourth-order valence-electron chi connectivity index (χ4n) is 1.62. The van der Waals surface area contributed by atoms with E-state index in [2.05, 4.69) is 23.8 Å². The van der Waals surface area contributed by atoms with Gasteiger partial charge in [0.15, 0.2) is 0 Å². The standard InChI is InChI=1S/C8H18N2S/c1-3-10-8-5-9-4-7(8)6-11-2/h7-10H,3-6H2,1-2H3. The van der Waals surface area contributed by atoms with Crippen LogP contribution in [0.2, 0.25) is 0 Å². The van der Waals surface area contributed by atoms with Gasteiger partial charge in [-0.2, -0.15) is 11.8 Å². The maximum absolute atomic E-state index is 3.50. The molecule has 1 saturated heterocycles. The molecule has 11 heavy (non-hydrogen) atoms. The van der Waals surface area contributed by atoms with Gasteiger partial charge >= 0.3 is 0 Å². The minimum atomic E-state index is 0.715. The molecule has 0 spiro atoms. The molecule has 1 aliphatic rings. The Balaban J connectivity index is 2.25. The summed E-state index contributed by atoms with van der Waals surface area (Å²) in [5.74, 6) is 2.12. The summed E-state index contributed by atoms with van der Waals surface area (Å²) in [6.07, 6.45) is 2.18. The minimum absolute atomic E-state index is 0.715. The van der Waals surface area contributed by atoms with Crippen LogP contribution in [0.15, 0.2) is 0 Å². The van der Waals surface area contributed by atoms with Gasteiger partial charge in [0.2, 0.25) is 0 Å². The average molecular weight is 174 g/mol. The molecule has 0 aromatic carbocycles. The number of hydrogen-bond acceptors (Lipinski definition) is 3. The first-order valence-electron chi connectivity index (χ1n) is 4.31. The minimum Gasteiger partial charge on any atom is -0.315 e. The zero-order chi connectivity index (χ0) is 8.10. The second kappa shape index (κ2) is 5.01. The third kappa shape index (κ3) is 2.65. The van der Waals surface area contributed by atoms with Gasteiger partial charge in [0.05, 0.1) is 0 Å². The lowest BCUT2D eigenvalue weighted by Crippen LogP contribution is -2.36. The predicted molar refractivity (Wildman–Crippen MR) is 52.2 cm³/mol. The molecule has 1 heterocycles. The van der Waals surface area contributed by atoms with Crippen molar-refractivity contribution in [3.05, 3.63) is 0 Å². The number of thioether (sulfide) groups is 1. The molecule has 0 aromatic heterocycles. The quantitative estimate of drug-likeness (QED) is 0.651. The second-order valence-electron chi connectivity index (χ2n) is 3.04. The van der Waals surface area contributed by atoms with E-state index in [4.69, 9.17) is 0 Å². The topological polar surface area (TPSA) is 24.1 Å². The van der Waals surface area contributed by atoms with Crippen molar-refractivity contribution in [2.24, 2.45) is 5.92 Å². The van der Waals surface area contributed by atoms with Crippen LogP contribution in [0, 0.1) is 5.92 Å². The zero-order valence-corrected chi connectivity index (χ0v) is 8.21. The number of rotatable bonds is 4. The van der Waals surface area contributed by atoms with Crippen molar-refractivity contribution in [3.63, 3.8) is 0 Å². The highest BCUT2D eigenvalue weighted by molar-refractivity contribution is 7.98. The van der Waals surface area contributed by atoms with Crippen LogP contribution in [0.1, 0.15) is 6.92 Å². The van der Waals surface area contributed by atoms with Crippen LogP contribution < -0.4 is 10.6 Å². The second-order valence-corrected chi connectivity index (χ2v) is 3.95. The monoisotopic (exact) mass is 174 g/mol. The van der Waals surface area contributed by atoms with Crippen molar-refractivity contribution in [1.82, 2.24) is 10.6 Å². The summed E-state index contributed by atoms with van der Waals surface area (Å²) in [4.78, 5) is 0. The molecule has 1 aliphatic heterocycles. The van der Waals surface area contributed by atoms with Crippen molar-refractivity contribution < 1.29 is 0 Å². The molecule has 0 amide bonds. The van der Waals surface area contributed by atoms with E-state index in [1.165, 1.54) is 12.3 Å². The van der Waals surface area contributed by atoms with Gasteiger partial charge in [-0.05, 0) is 24.5 Å². The van der Waals surface area contributed by atoms with E-state index in [-0.39, 0.29) is 0 Å². The van der Waals surface area contributed by atoms with Crippen molar-refractivity contribution >= 4 is 11.8 Å². The Labute approximate surface area is 73.5 Å². The van der Waals surface area contributed by atoms with Gasteiger partial charge in [0, 0.05) is 19.1 Å². The summed E-state index contributed by atoms with van der Waals surface area (Å²) in [5.41, 5.74) is 0. The molecule has 66 valence electrons. The van der Waals surface area contributed by atoms with Gasteiger partial charge in [0.1, 0.15) is 0 Å². The smallest absolute Gasteiger partial charge is 0.0240 e. The van der Waals surface area contributed by atoms with E-state index in [0.29, 0.717) is 6.04 Å². The molecule has 2 N–H and O–H groups in total. The number of nitrogens with one attached hydrogen (secondary N) is 2. The summed E-state index contributed by atoms with van der Waals surface area (Å²) < 4.78 is 0. The van der Waals surface area contributed by atoms with Crippen LogP contribution in [-0.4, -0.2) is 37.7 Å². The molecule has 0 aliphatic carbocycles. The van der Waals surface area contributed by atoms with E-state index in [0.717, 1.165) is 19.0 Å². The van der Waals surface area contributed by atoms with Crippen molar-refractivity contribution in [2.45, 2.75) is 13.0 Å². The molecule has 1 fully saturated rings. The third-order valence-electron chi connectivity index (χ3n) is 2.19. The highest BCUT2D eigenvalue weighted by Gasteiger charge is 2.24. The van der Waals surface area contributed by atoms with Crippen LogP contribution in [-0.2, 0) is 0 Å². The summed E-state index contributed by atoms with van der Waals surface area (Å²) in [7, 11) is 0. The van der Waals surface area contributed by atoms with Crippen LogP contribution >= 0.6 is 11.8 Å². The lowest BCUT2D eigenvalue weighted by atomic mass is 10.1. The van der Waals surface area contributed by atoms with Crippen molar-refractivity contribution in [3.8, 4) is 0 Å². The maximum Gasteiger partial charge on any atom is 0.0240 e. The molecule has 2 nitrogen and oxygen atoms in total. The lowest BCUT2D eigenvalue weighted by Gasteiger charge is -2.17. The highest BCUT2D eigenvalue weighted by atomic mass is 32.2. The van der Waals surface area contributed by atoms with Crippen LogP contribution in [0.3, 0.4) is 0 Å². The molecule has 0 radical (unpaired) electrons. The highest BCUT2D eigenvalue weighted by Crippen LogP contribution is 2.13. The van der Waals surface area contributed by atoms with E-state index < -0.39 is 0 Å². The van der Waals surface area contributed by atoms with Gasteiger partial charge in [-0.15, -0.1) is 0 Å². The predicted octanol–water partition coefficient (Wildman–Crippen LogP) is 0.547. The Kier molecular flexibility index (Phi) is 4.26.